The lowest BCUT2D eigenvalue weighted by Crippen LogP contribution is -2.34. The second-order valence-corrected chi connectivity index (χ2v) is 8.60. The van der Waals surface area contributed by atoms with Gasteiger partial charge in [-0.1, -0.05) is 6.07 Å². The molecule has 0 aliphatic carbocycles. The van der Waals surface area contributed by atoms with Crippen molar-refractivity contribution in [1.82, 2.24) is 9.97 Å². The number of aromatic nitrogens is 2. The van der Waals surface area contributed by atoms with Gasteiger partial charge in [0.25, 0.3) is 0 Å². The molecule has 21 heavy (non-hydrogen) atoms. The summed E-state index contributed by atoms with van der Waals surface area (Å²) >= 11 is 5.68. The SMILES string of the molecule is O=S(=O)(c1cccs1)C1(CC(S)c2ncc[nH]2)C=CC=N1. The number of nitrogens with one attached hydrogen (secondary N) is 1. The maximum Gasteiger partial charge on any atom is 0.217 e. The number of allylic oxidation sites excluding steroid dienone is 1. The summed E-state index contributed by atoms with van der Waals surface area (Å²) in [6.45, 7) is 0. The van der Waals surface area contributed by atoms with E-state index in [1.54, 1.807) is 42.1 Å². The average molecular weight is 339 g/mol. The summed E-state index contributed by atoms with van der Waals surface area (Å²) in [5, 5.41) is 1.39. The Labute approximate surface area is 132 Å². The first-order chi connectivity index (χ1) is 10.1. The van der Waals surface area contributed by atoms with Crippen molar-refractivity contribution < 1.29 is 8.42 Å². The molecule has 0 amide bonds. The van der Waals surface area contributed by atoms with Gasteiger partial charge in [0.05, 0.1) is 5.25 Å². The molecule has 0 saturated carbocycles. The van der Waals surface area contributed by atoms with Gasteiger partial charge >= 0.3 is 0 Å². The molecule has 110 valence electrons. The van der Waals surface area contributed by atoms with Crippen molar-refractivity contribution in [3.8, 4) is 0 Å². The molecule has 0 saturated heterocycles. The number of thiophene rings is 1. The molecule has 5 nitrogen and oxygen atoms in total. The van der Waals surface area contributed by atoms with Crippen molar-refractivity contribution in [1.29, 1.82) is 0 Å². The Morgan fingerprint density at radius 3 is 2.90 bits per heavy atom. The maximum atomic E-state index is 12.9. The molecular formula is C13H13N3O2S3. The Balaban J connectivity index is 1.98. The number of hydrogen-bond acceptors (Lipinski definition) is 6. The van der Waals surface area contributed by atoms with E-state index in [1.807, 2.05) is 0 Å². The third-order valence-electron chi connectivity index (χ3n) is 3.28. The molecule has 3 rings (SSSR count). The molecule has 1 N–H and O–H groups in total. The van der Waals surface area contributed by atoms with E-state index in [4.69, 9.17) is 0 Å². The van der Waals surface area contributed by atoms with Gasteiger partial charge in [0.15, 0.2) is 4.87 Å². The van der Waals surface area contributed by atoms with E-state index in [2.05, 4.69) is 27.6 Å². The van der Waals surface area contributed by atoms with Crippen LogP contribution in [-0.4, -0.2) is 29.5 Å². The molecule has 3 heterocycles. The Bertz CT molecular complexity index is 750. The quantitative estimate of drug-likeness (QED) is 0.822. The highest BCUT2D eigenvalue weighted by molar-refractivity contribution is 7.95. The summed E-state index contributed by atoms with van der Waals surface area (Å²) in [7, 11) is -3.60. The highest BCUT2D eigenvalue weighted by atomic mass is 32.2. The topological polar surface area (TPSA) is 75.2 Å². The van der Waals surface area contributed by atoms with Crippen LogP contribution in [0, 0.1) is 0 Å². The van der Waals surface area contributed by atoms with E-state index < -0.39 is 14.7 Å². The lowest BCUT2D eigenvalue weighted by molar-refractivity contribution is 0.541. The van der Waals surface area contributed by atoms with Gasteiger partial charge in [-0.05, 0) is 23.6 Å². The van der Waals surface area contributed by atoms with Crippen molar-refractivity contribution in [3.05, 3.63) is 47.9 Å². The Kier molecular flexibility index (Phi) is 3.76. The molecular weight excluding hydrogens is 326 g/mol. The van der Waals surface area contributed by atoms with E-state index in [1.165, 1.54) is 17.6 Å². The number of aliphatic imine (C=N–C) groups is 1. The third kappa shape index (κ3) is 2.47. The van der Waals surface area contributed by atoms with E-state index >= 15 is 0 Å². The monoisotopic (exact) mass is 339 g/mol. The fourth-order valence-corrected chi connectivity index (χ4v) is 5.77. The predicted octanol–water partition coefficient (Wildman–Crippen LogP) is 2.64. The van der Waals surface area contributed by atoms with Crippen LogP contribution in [0.3, 0.4) is 0 Å². The molecule has 8 heteroatoms. The molecule has 2 unspecified atom stereocenters. The van der Waals surface area contributed by atoms with Gasteiger partial charge in [-0.25, -0.2) is 13.4 Å². The average Bonchev–Trinajstić information content (AvgIpc) is 3.21. The van der Waals surface area contributed by atoms with Crippen LogP contribution in [0.1, 0.15) is 17.5 Å². The molecule has 2 aromatic rings. The fourth-order valence-electron chi connectivity index (χ4n) is 2.22. The van der Waals surface area contributed by atoms with E-state index in [-0.39, 0.29) is 11.7 Å². The number of aromatic amines is 1. The lowest BCUT2D eigenvalue weighted by Gasteiger charge is -2.25. The fraction of sp³-hybridized carbons (Fsp3) is 0.231. The molecule has 2 atom stereocenters. The van der Waals surface area contributed by atoms with Crippen molar-refractivity contribution in [3.63, 3.8) is 0 Å². The maximum absolute atomic E-state index is 12.9. The summed E-state index contributed by atoms with van der Waals surface area (Å²) in [6, 6.07) is 3.32. The van der Waals surface area contributed by atoms with Gasteiger partial charge < -0.3 is 4.98 Å². The van der Waals surface area contributed by atoms with Gasteiger partial charge in [0.2, 0.25) is 9.84 Å². The molecule has 0 radical (unpaired) electrons. The Hall–Kier alpha value is -1.38. The van der Waals surface area contributed by atoms with E-state index in [0.717, 1.165) is 0 Å². The van der Waals surface area contributed by atoms with Crippen molar-refractivity contribution in [2.75, 3.05) is 0 Å². The minimum atomic E-state index is -3.60. The zero-order chi connectivity index (χ0) is 14.9. The smallest absolute Gasteiger partial charge is 0.217 e. The first-order valence-corrected chi connectivity index (χ1v) is 9.12. The summed E-state index contributed by atoms with van der Waals surface area (Å²) in [6.07, 6.45) is 8.33. The molecule has 0 spiro atoms. The van der Waals surface area contributed by atoms with Crippen molar-refractivity contribution in [2.24, 2.45) is 4.99 Å². The van der Waals surface area contributed by atoms with Gasteiger partial charge in [0, 0.05) is 25.0 Å². The van der Waals surface area contributed by atoms with Crippen LogP contribution in [0.4, 0.5) is 0 Å². The van der Waals surface area contributed by atoms with Crippen LogP contribution in [0.25, 0.3) is 0 Å². The number of thiol groups is 1. The number of nitrogens with zero attached hydrogens (tertiary/aromatic N) is 2. The zero-order valence-electron chi connectivity index (χ0n) is 10.9. The molecule has 1 aliphatic rings. The number of hydrogen-bond donors (Lipinski definition) is 2. The predicted molar refractivity (Wildman–Crippen MR) is 86.8 cm³/mol. The van der Waals surface area contributed by atoms with Crippen LogP contribution < -0.4 is 0 Å². The van der Waals surface area contributed by atoms with Crippen LogP contribution in [0.15, 0.2) is 51.3 Å². The lowest BCUT2D eigenvalue weighted by atomic mass is 10.1. The Morgan fingerprint density at radius 1 is 1.48 bits per heavy atom. The second-order valence-electron chi connectivity index (χ2n) is 4.61. The van der Waals surface area contributed by atoms with Crippen LogP contribution in [0.5, 0.6) is 0 Å². The van der Waals surface area contributed by atoms with Gasteiger partial charge in [-0.3, -0.25) is 4.99 Å². The highest BCUT2D eigenvalue weighted by Crippen LogP contribution is 2.40. The van der Waals surface area contributed by atoms with Crippen LogP contribution in [0.2, 0.25) is 0 Å². The molecule has 0 aromatic carbocycles. The number of imidazole rings is 1. The zero-order valence-corrected chi connectivity index (χ0v) is 13.4. The second kappa shape index (κ2) is 5.43. The standard InChI is InChI=1S/C13H13N3O2S3/c17-21(18,11-3-1-8-20-11)13(4-2-5-16-13)9-10(19)12-14-6-7-15-12/h1-8,10,19H,9H2,(H,14,15). The van der Waals surface area contributed by atoms with Crippen LogP contribution in [-0.2, 0) is 9.84 Å². The van der Waals surface area contributed by atoms with E-state index in [0.29, 0.717) is 10.0 Å². The first-order valence-electron chi connectivity index (χ1n) is 6.24. The molecule has 2 aromatic heterocycles. The van der Waals surface area contributed by atoms with Crippen molar-refractivity contribution >= 4 is 40.0 Å². The minimum absolute atomic E-state index is 0.219. The summed E-state index contributed by atoms with van der Waals surface area (Å²) < 4.78 is 26.1. The van der Waals surface area contributed by atoms with Crippen LogP contribution >= 0.6 is 24.0 Å². The Morgan fingerprint density at radius 2 is 2.33 bits per heavy atom. The summed E-state index contributed by atoms with van der Waals surface area (Å²) in [5.41, 5.74) is 0. The normalized spacial score (nSPS) is 22.7. The van der Waals surface area contributed by atoms with E-state index in [9.17, 15) is 8.42 Å². The third-order valence-corrected chi connectivity index (χ3v) is 7.32. The minimum Gasteiger partial charge on any atom is -0.348 e. The van der Waals surface area contributed by atoms with Gasteiger partial charge in [-0.15, -0.1) is 11.3 Å². The summed E-state index contributed by atoms with van der Waals surface area (Å²) in [4.78, 5) is 10.0. The number of sulfone groups is 1. The number of rotatable bonds is 5. The first kappa shape index (κ1) is 14.6. The molecule has 0 fully saturated rings. The van der Waals surface area contributed by atoms with Crippen molar-refractivity contribution in [2.45, 2.75) is 20.8 Å². The largest absolute Gasteiger partial charge is 0.348 e. The highest BCUT2D eigenvalue weighted by Gasteiger charge is 2.45. The molecule has 1 aliphatic heterocycles. The van der Waals surface area contributed by atoms with Gasteiger partial charge in [-0.2, -0.15) is 12.6 Å². The summed E-state index contributed by atoms with van der Waals surface area (Å²) in [5.74, 6) is 0.634. The number of H-pyrrole nitrogens is 1. The molecule has 0 bridgehead atoms. The van der Waals surface area contributed by atoms with Gasteiger partial charge in [0.1, 0.15) is 10.0 Å².